The molecule has 0 aliphatic carbocycles. The summed E-state index contributed by atoms with van der Waals surface area (Å²) in [6.45, 7) is 2.52. The summed E-state index contributed by atoms with van der Waals surface area (Å²) in [5, 5.41) is 0.402. The Morgan fingerprint density at radius 1 is 1.14 bits per heavy atom. The minimum absolute atomic E-state index is 0.190. The zero-order chi connectivity index (χ0) is 15.2. The normalized spacial score (nSPS) is 15.1. The third-order valence-electron chi connectivity index (χ3n) is 3.71. The summed E-state index contributed by atoms with van der Waals surface area (Å²) in [4.78, 5) is 0.190. The van der Waals surface area contributed by atoms with E-state index in [1.165, 1.54) is 10.4 Å². The molecule has 0 spiro atoms. The van der Waals surface area contributed by atoms with Crippen molar-refractivity contribution in [2.24, 2.45) is 0 Å². The van der Waals surface area contributed by atoms with E-state index in [2.05, 4.69) is 0 Å². The molecule has 2 aromatic rings. The molecule has 0 fully saturated rings. The van der Waals surface area contributed by atoms with Gasteiger partial charge >= 0.3 is 0 Å². The first kappa shape index (κ1) is 14.4. The quantitative estimate of drug-likeness (QED) is 0.865. The number of aryl methyl sites for hydroxylation is 1. The first-order valence-corrected chi connectivity index (χ1v) is 8.34. The lowest BCUT2D eigenvalue weighted by atomic mass is 10.1. The van der Waals surface area contributed by atoms with Crippen molar-refractivity contribution in [3.8, 4) is 0 Å². The van der Waals surface area contributed by atoms with Crippen LogP contribution >= 0.6 is 11.6 Å². The van der Waals surface area contributed by atoms with Crippen LogP contribution < -0.4 is 5.73 Å². The van der Waals surface area contributed by atoms with E-state index in [1.807, 2.05) is 24.3 Å². The first-order chi connectivity index (χ1) is 9.89. The van der Waals surface area contributed by atoms with Crippen molar-refractivity contribution < 1.29 is 8.42 Å². The largest absolute Gasteiger partial charge is 0.397 e. The first-order valence-electron chi connectivity index (χ1n) is 6.52. The second kappa shape index (κ2) is 5.02. The van der Waals surface area contributed by atoms with E-state index in [1.54, 1.807) is 13.0 Å². The van der Waals surface area contributed by atoms with Gasteiger partial charge in [0.05, 0.1) is 15.6 Å². The summed E-state index contributed by atoms with van der Waals surface area (Å²) in [5.41, 5.74) is 8.81. The lowest BCUT2D eigenvalue weighted by Crippen LogP contribution is -2.25. The van der Waals surface area contributed by atoms with E-state index in [-0.39, 0.29) is 10.6 Å². The SMILES string of the molecule is Cc1cc(S(=O)(=O)N2Cc3ccccc3C2)cc(N)c1Cl. The van der Waals surface area contributed by atoms with Gasteiger partial charge in [-0.3, -0.25) is 0 Å². The maximum absolute atomic E-state index is 12.7. The Morgan fingerprint density at radius 2 is 1.71 bits per heavy atom. The number of halogens is 1. The molecule has 6 heteroatoms. The summed E-state index contributed by atoms with van der Waals surface area (Å²) in [6.07, 6.45) is 0. The molecule has 110 valence electrons. The van der Waals surface area contributed by atoms with E-state index in [0.29, 0.717) is 23.7 Å². The van der Waals surface area contributed by atoms with Crippen molar-refractivity contribution in [2.45, 2.75) is 24.9 Å². The number of hydrogen-bond donors (Lipinski definition) is 1. The molecule has 2 N–H and O–H groups in total. The molecule has 4 nitrogen and oxygen atoms in total. The van der Waals surface area contributed by atoms with Crippen LogP contribution in [0.1, 0.15) is 16.7 Å². The van der Waals surface area contributed by atoms with Crippen molar-refractivity contribution in [2.75, 3.05) is 5.73 Å². The topological polar surface area (TPSA) is 63.4 Å². The Bertz CT molecular complexity index is 770. The summed E-state index contributed by atoms with van der Waals surface area (Å²) in [7, 11) is -3.57. The van der Waals surface area contributed by atoms with E-state index in [9.17, 15) is 8.42 Å². The van der Waals surface area contributed by atoms with Gasteiger partial charge in [-0.15, -0.1) is 0 Å². The number of hydrogen-bond acceptors (Lipinski definition) is 3. The van der Waals surface area contributed by atoms with Gasteiger partial charge in [0.25, 0.3) is 0 Å². The lowest BCUT2D eigenvalue weighted by molar-refractivity contribution is 0.431. The van der Waals surface area contributed by atoms with Gasteiger partial charge < -0.3 is 5.73 Å². The van der Waals surface area contributed by atoms with Crippen LogP contribution in [0.15, 0.2) is 41.3 Å². The van der Waals surface area contributed by atoms with Gasteiger partial charge in [0.2, 0.25) is 10.0 Å². The van der Waals surface area contributed by atoms with Gasteiger partial charge in [-0.2, -0.15) is 4.31 Å². The van der Waals surface area contributed by atoms with Gasteiger partial charge in [0.15, 0.2) is 0 Å². The maximum Gasteiger partial charge on any atom is 0.243 e. The molecule has 0 aromatic heterocycles. The Kier molecular flexibility index (Phi) is 3.43. The highest BCUT2D eigenvalue weighted by Crippen LogP contribution is 2.32. The van der Waals surface area contributed by atoms with Crippen LogP contribution in [0.3, 0.4) is 0 Å². The Morgan fingerprint density at radius 3 is 2.24 bits per heavy atom. The monoisotopic (exact) mass is 322 g/mol. The molecule has 21 heavy (non-hydrogen) atoms. The molecule has 0 unspecified atom stereocenters. The second-order valence-corrected chi connectivity index (χ2v) is 7.50. The number of nitrogens with two attached hydrogens (primary N) is 1. The number of nitrogens with zero attached hydrogens (tertiary/aromatic N) is 1. The summed E-state index contributed by atoms with van der Waals surface area (Å²) in [5.74, 6) is 0. The predicted molar refractivity (Wildman–Crippen MR) is 83.5 cm³/mol. The van der Waals surface area contributed by atoms with Crippen LogP contribution in [-0.4, -0.2) is 12.7 Å². The number of benzene rings is 2. The zero-order valence-corrected chi connectivity index (χ0v) is 13.1. The average Bonchev–Trinajstić information content (AvgIpc) is 2.88. The van der Waals surface area contributed by atoms with Crippen LogP contribution in [-0.2, 0) is 23.1 Å². The number of fused-ring (bicyclic) bond motifs is 1. The Hall–Kier alpha value is -1.56. The van der Waals surface area contributed by atoms with Gasteiger partial charge in [-0.05, 0) is 35.7 Å². The van der Waals surface area contributed by atoms with Gasteiger partial charge in [0.1, 0.15) is 0 Å². The van der Waals surface area contributed by atoms with E-state index >= 15 is 0 Å². The second-order valence-electron chi connectivity index (χ2n) is 5.19. The predicted octanol–water partition coefficient (Wildman–Crippen LogP) is 2.94. The molecule has 0 amide bonds. The van der Waals surface area contributed by atoms with Crippen molar-refractivity contribution in [3.05, 3.63) is 58.1 Å². The van der Waals surface area contributed by atoms with Crippen molar-refractivity contribution >= 4 is 27.3 Å². The van der Waals surface area contributed by atoms with Crippen LogP contribution in [0, 0.1) is 6.92 Å². The minimum atomic E-state index is -3.57. The standard InChI is InChI=1S/C15H15ClN2O2S/c1-10-6-13(7-14(17)15(10)16)21(19,20)18-8-11-4-2-3-5-12(11)9-18/h2-7H,8-9,17H2,1H3. The van der Waals surface area contributed by atoms with Crippen molar-refractivity contribution in [3.63, 3.8) is 0 Å². The maximum atomic E-state index is 12.7. The fraction of sp³-hybridized carbons (Fsp3) is 0.200. The van der Waals surface area contributed by atoms with E-state index < -0.39 is 10.0 Å². The van der Waals surface area contributed by atoms with Crippen LogP contribution in [0.25, 0.3) is 0 Å². The molecule has 0 saturated carbocycles. The average molecular weight is 323 g/mol. The fourth-order valence-corrected chi connectivity index (χ4v) is 4.16. The molecule has 1 heterocycles. The molecule has 1 aliphatic heterocycles. The highest BCUT2D eigenvalue weighted by Gasteiger charge is 2.30. The number of sulfonamides is 1. The molecule has 0 saturated heterocycles. The Labute approximate surface area is 129 Å². The van der Waals surface area contributed by atoms with Crippen molar-refractivity contribution in [1.82, 2.24) is 4.31 Å². The molecule has 0 atom stereocenters. The van der Waals surface area contributed by atoms with Crippen LogP contribution in [0.4, 0.5) is 5.69 Å². The molecular weight excluding hydrogens is 308 g/mol. The fourth-order valence-electron chi connectivity index (χ4n) is 2.53. The summed E-state index contributed by atoms with van der Waals surface area (Å²) in [6, 6.07) is 10.7. The van der Waals surface area contributed by atoms with Gasteiger partial charge in [-0.25, -0.2) is 8.42 Å². The van der Waals surface area contributed by atoms with Crippen LogP contribution in [0.5, 0.6) is 0 Å². The summed E-state index contributed by atoms with van der Waals surface area (Å²) < 4.78 is 27.0. The highest BCUT2D eigenvalue weighted by atomic mass is 35.5. The van der Waals surface area contributed by atoms with Gasteiger partial charge in [-0.1, -0.05) is 35.9 Å². The number of anilines is 1. The van der Waals surface area contributed by atoms with Crippen LogP contribution in [0.2, 0.25) is 5.02 Å². The minimum Gasteiger partial charge on any atom is -0.397 e. The third-order valence-corrected chi connectivity index (χ3v) is 5.99. The number of rotatable bonds is 2. The molecular formula is C15H15ClN2O2S. The van der Waals surface area contributed by atoms with E-state index in [4.69, 9.17) is 17.3 Å². The molecule has 1 aliphatic rings. The molecule has 0 radical (unpaired) electrons. The van der Waals surface area contributed by atoms with Crippen molar-refractivity contribution in [1.29, 1.82) is 0 Å². The van der Waals surface area contributed by atoms with Gasteiger partial charge in [0, 0.05) is 13.1 Å². The Balaban J connectivity index is 2.00. The van der Waals surface area contributed by atoms with E-state index in [0.717, 1.165) is 11.1 Å². The third kappa shape index (κ3) is 2.41. The lowest BCUT2D eigenvalue weighted by Gasteiger charge is -2.17. The number of nitrogen functional groups attached to an aromatic ring is 1. The highest BCUT2D eigenvalue weighted by molar-refractivity contribution is 7.89. The molecule has 2 aromatic carbocycles. The molecule has 0 bridgehead atoms. The smallest absolute Gasteiger partial charge is 0.243 e. The summed E-state index contributed by atoms with van der Waals surface area (Å²) >= 11 is 6.00. The molecule has 3 rings (SSSR count). The zero-order valence-electron chi connectivity index (χ0n) is 11.5.